The molecule has 0 spiro atoms. The smallest absolute Gasteiger partial charge is 0.230 e. The van der Waals surface area contributed by atoms with Gasteiger partial charge >= 0.3 is 0 Å². The summed E-state index contributed by atoms with van der Waals surface area (Å²) in [6.07, 6.45) is 2.38. The summed E-state index contributed by atoms with van der Waals surface area (Å²) in [6.45, 7) is 2.03. The lowest BCUT2D eigenvalue weighted by Crippen LogP contribution is -2.28. The minimum absolute atomic E-state index is 0.0285. The van der Waals surface area contributed by atoms with Crippen molar-refractivity contribution in [3.63, 3.8) is 0 Å². The number of rotatable bonds is 5. The van der Waals surface area contributed by atoms with E-state index in [1.165, 1.54) is 11.8 Å². The number of hydrogen-bond donors (Lipinski definition) is 2. The van der Waals surface area contributed by atoms with Crippen molar-refractivity contribution in [2.24, 2.45) is 0 Å². The number of aliphatic hydroxyl groups is 1. The zero-order valence-electron chi connectivity index (χ0n) is 11.3. The Morgan fingerprint density at radius 1 is 1.53 bits per heavy atom. The molecule has 2 N–H and O–H groups in total. The van der Waals surface area contributed by atoms with Gasteiger partial charge < -0.3 is 10.4 Å². The van der Waals surface area contributed by atoms with Crippen molar-refractivity contribution >= 4 is 17.7 Å². The molecule has 0 heterocycles. The van der Waals surface area contributed by atoms with Gasteiger partial charge in [0.15, 0.2) is 0 Å². The molecule has 1 amide bonds. The van der Waals surface area contributed by atoms with Crippen LogP contribution >= 0.6 is 11.8 Å². The van der Waals surface area contributed by atoms with Gasteiger partial charge in [-0.15, -0.1) is 0 Å². The predicted molar refractivity (Wildman–Crippen MR) is 80.0 cm³/mol. The van der Waals surface area contributed by atoms with E-state index >= 15 is 0 Å². The second-order valence-corrected chi connectivity index (χ2v) is 4.99. The Hall–Kier alpha value is -1.44. The van der Waals surface area contributed by atoms with Crippen LogP contribution in [0.4, 0.5) is 0 Å². The van der Waals surface area contributed by atoms with E-state index in [2.05, 4.69) is 17.2 Å². The standard InChI is InChI=1S/C15H19NO2S/c1-12(16-15(18)11-19-2)14-8-5-7-13(10-14)6-3-4-9-17/h5,7-8,10,12,17H,4,9,11H2,1-2H3,(H,16,18). The molecular weight excluding hydrogens is 258 g/mol. The van der Waals surface area contributed by atoms with Crippen molar-refractivity contribution in [3.8, 4) is 11.8 Å². The average molecular weight is 277 g/mol. The normalized spacial score (nSPS) is 11.3. The van der Waals surface area contributed by atoms with Crippen molar-refractivity contribution in [2.45, 2.75) is 19.4 Å². The van der Waals surface area contributed by atoms with Gasteiger partial charge in [-0.2, -0.15) is 11.8 Å². The zero-order valence-corrected chi connectivity index (χ0v) is 12.1. The van der Waals surface area contributed by atoms with E-state index in [1.807, 2.05) is 37.4 Å². The van der Waals surface area contributed by atoms with Crippen LogP contribution in [0.15, 0.2) is 24.3 Å². The van der Waals surface area contributed by atoms with Crippen LogP contribution in [0.2, 0.25) is 0 Å². The Morgan fingerprint density at radius 3 is 3.00 bits per heavy atom. The number of nitrogens with one attached hydrogen (secondary N) is 1. The molecule has 0 radical (unpaired) electrons. The molecule has 3 nitrogen and oxygen atoms in total. The van der Waals surface area contributed by atoms with Crippen molar-refractivity contribution in [1.82, 2.24) is 5.32 Å². The van der Waals surface area contributed by atoms with E-state index in [9.17, 15) is 4.79 Å². The molecule has 0 aliphatic carbocycles. The molecule has 1 unspecified atom stereocenters. The summed E-state index contributed by atoms with van der Waals surface area (Å²) in [6, 6.07) is 7.76. The third-order valence-corrected chi connectivity index (χ3v) is 3.06. The topological polar surface area (TPSA) is 49.3 Å². The molecule has 0 aromatic heterocycles. The van der Waals surface area contributed by atoms with Gasteiger partial charge in [-0.25, -0.2) is 0 Å². The average Bonchev–Trinajstić information content (AvgIpc) is 2.39. The van der Waals surface area contributed by atoms with E-state index in [1.54, 1.807) is 0 Å². The maximum Gasteiger partial charge on any atom is 0.230 e. The molecule has 0 aliphatic rings. The summed E-state index contributed by atoms with van der Waals surface area (Å²) < 4.78 is 0. The van der Waals surface area contributed by atoms with Crippen molar-refractivity contribution in [1.29, 1.82) is 0 Å². The number of carbonyl (C=O) groups is 1. The minimum Gasteiger partial charge on any atom is -0.395 e. The highest BCUT2D eigenvalue weighted by molar-refractivity contribution is 7.99. The first-order chi connectivity index (χ1) is 9.17. The maximum absolute atomic E-state index is 11.5. The van der Waals surface area contributed by atoms with Crippen LogP contribution in [-0.4, -0.2) is 29.6 Å². The number of aliphatic hydroxyl groups excluding tert-OH is 1. The fraction of sp³-hybridized carbons (Fsp3) is 0.400. The van der Waals surface area contributed by atoms with Gasteiger partial charge in [-0.1, -0.05) is 24.0 Å². The molecule has 0 aliphatic heterocycles. The molecule has 102 valence electrons. The SMILES string of the molecule is CSCC(=O)NC(C)c1cccc(C#CCCO)c1. The summed E-state index contributed by atoms with van der Waals surface area (Å²) in [5, 5.41) is 11.6. The summed E-state index contributed by atoms with van der Waals surface area (Å²) in [7, 11) is 0. The summed E-state index contributed by atoms with van der Waals surface area (Å²) in [5.41, 5.74) is 1.93. The van der Waals surface area contributed by atoms with Gasteiger partial charge in [-0.3, -0.25) is 4.79 Å². The second kappa shape index (κ2) is 8.63. The summed E-state index contributed by atoms with van der Waals surface area (Å²) in [4.78, 5) is 11.5. The fourth-order valence-electron chi connectivity index (χ4n) is 1.60. The van der Waals surface area contributed by atoms with Crippen LogP contribution in [0.25, 0.3) is 0 Å². The number of thioether (sulfide) groups is 1. The zero-order chi connectivity index (χ0) is 14.1. The highest BCUT2D eigenvalue weighted by Gasteiger charge is 2.08. The maximum atomic E-state index is 11.5. The van der Waals surface area contributed by atoms with Crippen molar-refractivity contribution in [3.05, 3.63) is 35.4 Å². The highest BCUT2D eigenvalue weighted by atomic mass is 32.2. The molecule has 0 saturated carbocycles. The lowest BCUT2D eigenvalue weighted by atomic mass is 10.1. The molecule has 1 atom stereocenters. The van der Waals surface area contributed by atoms with Crippen LogP contribution < -0.4 is 5.32 Å². The number of carbonyl (C=O) groups excluding carboxylic acids is 1. The number of benzene rings is 1. The third kappa shape index (κ3) is 5.82. The lowest BCUT2D eigenvalue weighted by Gasteiger charge is -2.14. The van der Waals surface area contributed by atoms with Gasteiger partial charge in [0.2, 0.25) is 5.91 Å². The highest BCUT2D eigenvalue weighted by Crippen LogP contribution is 2.14. The first-order valence-corrected chi connectivity index (χ1v) is 7.54. The quantitative estimate of drug-likeness (QED) is 0.809. The molecule has 1 rings (SSSR count). The van der Waals surface area contributed by atoms with Crippen LogP contribution in [0, 0.1) is 11.8 Å². The summed E-state index contributed by atoms with van der Waals surface area (Å²) in [5.74, 6) is 6.39. The van der Waals surface area contributed by atoms with Crippen LogP contribution in [0.3, 0.4) is 0 Å². The van der Waals surface area contributed by atoms with Gasteiger partial charge in [-0.05, 0) is 30.9 Å². The van der Waals surface area contributed by atoms with E-state index < -0.39 is 0 Å². The molecular formula is C15H19NO2S. The Morgan fingerprint density at radius 2 is 2.32 bits per heavy atom. The lowest BCUT2D eigenvalue weighted by molar-refractivity contribution is -0.119. The van der Waals surface area contributed by atoms with Crippen LogP contribution in [0.1, 0.15) is 30.5 Å². The largest absolute Gasteiger partial charge is 0.395 e. The first kappa shape index (κ1) is 15.6. The molecule has 19 heavy (non-hydrogen) atoms. The Bertz CT molecular complexity index is 477. The van der Waals surface area contributed by atoms with Crippen LogP contribution in [-0.2, 0) is 4.79 Å². The number of hydrogen-bond acceptors (Lipinski definition) is 3. The Balaban J connectivity index is 2.70. The minimum atomic E-state index is -0.0285. The number of amides is 1. The molecule has 0 saturated heterocycles. The molecule has 1 aromatic rings. The Kier molecular flexibility index (Phi) is 7.09. The third-order valence-electron chi connectivity index (χ3n) is 2.51. The molecule has 4 heteroatoms. The van der Waals surface area contributed by atoms with Gasteiger partial charge in [0.25, 0.3) is 0 Å². The summed E-state index contributed by atoms with van der Waals surface area (Å²) >= 11 is 1.51. The van der Waals surface area contributed by atoms with Gasteiger partial charge in [0.05, 0.1) is 18.4 Å². The molecule has 0 bridgehead atoms. The van der Waals surface area contributed by atoms with Crippen molar-refractivity contribution in [2.75, 3.05) is 18.6 Å². The molecule has 0 fully saturated rings. The predicted octanol–water partition coefficient (Wildman–Crippen LogP) is 1.96. The van der Waals surface area contributed by atoms with E-state index in [0.29, 0.717) is 12.2 Å². The van der Waals surface area contributed by atoms with E-state index in [4.69, 9.17) is 5.11 Å². The monoisotopic (exact) mass is 277 g/mol. The molecule has 1 aromatic carbocycles. The second-order valence-electron chi connectivity index (χ2n) is 4.12. The Labute approximate surface area is 118 Å². The van der Waals surface area contributed by atoms with Crippen LogP contribution in [0.5, 0.6) is 0 Å². The fourth-order valence-corrected chi connectivity index (χ4v) is 1.95. The van der Waals surface area contributed by atoms with Gasteiger partial charge in [0, 0.05) is 12.0 Å². The van der Waals surface area contributed by atoms with Gasteiger partial charge in [0.1, 0.15) is 0 Å². The first-order valence-electron chi connectivity index (χ1n) is 6.15. The van der Waals surface area contributed by atoms with E-state index in [-0.39, 0.29) is 18.6 Å². The van der Waals surface area contributed by atoms with E-state index in [0.717, 1.165) is 11.1 Å². The van der Waals surface area contributed by atoms with Crippen molar-refractivity contribution < 1.29 is 9.90 Å².